The van der Waals surface area contributed by atoms with Crippen LogP contribution >= 0.6 is 0 Å². The molecule has 0 spiro atoms. The van der Waals surface area contributed by atoms with E-state index >= 15 is 0 Å². The summed E-state index contributed by atoms with van der Waals surface area (Å²) in [4.78, 5) is 22.0. The number of methoxy groups -OCH3 is 2. The fourth-order valence-corrected chi connectivity index (χ4v) is 4.01. The molecule has 1 unspecified atom stereocenters. The van der Waals surface area contributed by atoms with Gasteiger partial charge in [0, 0.05) is 11.3 Å². The number of alkyl halides is 2. The first-order chi connectivity index (χ1) is 18.7. The van der Waals surface area contributed by atoms with Crippen LogP contribution in [0.2, 0.25) is 0 Å². The number of nitrogens with zero attached hydrogens (tertiary/aromatic N) is 2. The molecule has 0 fully saturated rings. The second kappa shape index (κ2) is 11.9. The SMILES string of the molecule is COc1ccc(NC(=O)C(C)c2nc(OC)nc(N[C@H](C)c3cccc(C(F)F)c3F)c2C2OC=CO2)cc1. The van der Waals surface area contributed by atoms with E-state index in [0.29, 0.717) is 11.4 Å². The van der Waals surface area contributed by atoms with Crippen LogP contribution in [0.15, 0.2) is 55.0 Å². The number of amides is 1. The van der Waals surface area contributed by atoms with Crippen LogP contribution in [-0.2, 0) is 14.3 Å². The topological polar surface area (TPSA) is 104 Å². The van der Waals surface area contributed by atoms with Crippen molar-refractivity contribution in [3.8, 4) is 11.8 Å². The first-order valence-electron chi connectivity index (χ1n) is 11.9. The summed E-state index contributed by atoms with van der Waals surface area (Å²) in [7, 11) is 2.89. The highest BCUT2D eigenvalue weighted by Gasteiger charge is 2.33. The van der Waals surface area contributed by atoms with E-state index in [1.54, 1.807) is 38.1 Å². The summed E-state index contributed by atoms with van der Waals surface area (Å²) in [5, 5.41) is 5.86. The summed E-state index contributed by atoms with van der Waals surface area (Å²) in [6.07, 6.45) is -1.37. The lowest BCUT2D eigenvalue weighted by atomic mass is 9.99. The van der Waals surface area contributed by atoms with Crippen molar-refractivity contribution in [2.24, 2.45) is 0 Å². The van der Waals surface area contributed by atoms with Gasteiger partial charge in [0.1, 0.15) is 29.9 Å². The van der Waals surface area contributed by atoms with Crippen LogP contribution in [-0.4, -0.2) is 30.1 Å². The molecule has 206 valence electrons. The Morgan fingerprint density at radius 1 is 0.974 bits per heavy atom. The summed E-state index contributed by atoms with van der Waals surface area (Å²) in [5.41, 5.74) is 0.299. The largest absolute Gasteiger partial charge is 0.497 e. The smallest absolute Gasteiger partial charge is 0.318 e. The molecule has 2 heterocycles. The average molecular weight is 545 g/mol. The molecule has 0 aliphatic carbocycles. The molecule has 2 aromatic carbocycles. The molecule has 12 heteroatoms. The van der Waals surface area contributed by atoms with Crippen LogP contribution in [0.5, 0.6) is 11.8 Å². The minimum Gasteiger partial charge on any atom is -0.497 e. The molecule has 3 aromatic rings. The number of halogens is 3. The number of carbonyl (C=O) groups excluding carboxylic acids is 1. The van der Waals surface area contributed by atoms with Gasteiger partial charge < -0.3 is 29.6 Å². The fourth-order valence-electron chi connectivity index (χ4n) is 4.01. The molecule has 0 bridgehead atoms. The fraction of sp³-hybridized carbons (Fsp3) is 0.296. The van der Waals surface area contributed by atoms with Crippen molar-refractivity contribution >= 4 is 17.4 Å². The van der Waals surface area contributed by atoms with E-state index in [1.807, 2.05) is 0 Å². The minimum absolute atomic E-state index is 0.00504. The van der Waals surface area contributed by atoms with Crippen molar-refractivity contribution in [1.82, 2.24) is 9.97 Å². The number of aromatic nitrogens is 2. The van der Waals surface area contributed by atoms with Crippen molar-refractivity contribution < 1.29 is 36.9 Å². The standard InChI is InChI=1S/C27H27F3N4O5/c1-14(25(35)32-16-8-10-17(36-3)11-9-16)22-20(26-38-12-13-39-26)24(34-27(33-22)37-4)31-15(2)18-6-5-7-19(21(18)28)23(29)30/h5-15,23,26H,1-4H3,(H,32,35)(H,31,33,34)/t14?,15-/m1/s1. The van der Waals surface area contributed by atoms with Crippen LogP contribution in [0.3, 0.4) is 0 Å². The summed E-state index contributed by atoms with van der Waals surface area (Å²) in [5.74, 6) is -1.54. The van der Waals surface area contributed by atoms with Crippen molar-refractivity contribution in [2.75, 3.05) is 24.9 Å². The highest BCUT2D eigenvalue weighted by molar-refractivity contribution is 5.95. The molecule has 0 radical (unpaired) electrons. The Kier molecular flexibility index (Phi) is 8.43. The Hall–Kier alpha value is -4.48. The van der Waals surface area contributed by atoms with Crippen LogP contribution in [0.1, 0.15) is 60.9 Å². The van der Waals surface area contributed by atoms with Gasteiger partial charge in [-0.05, 0) is 38.1 Å². The van der Waals surface area contributed by atoms with Gasteiger partial charge >= 0.3 is 6.01 Å². The Morgan fingerprint density at radius 3 is 2.26 bits per heavy atom. The molecule has 1 amide bonds. The quantitative estimate of drug-likeness (QED) is 0.320. The molecule has 9 nitrogen and oxygen atoms in total. The third kappa shape index (κ3) is 6.00. The normalized spacial score (nSPS) is 14.4. The van der Waals surface area contributed by atoms with Crippen molar-refractivity contribution in [2.45, 2.75) is 38.5 Å². The van der Waals surface area contributed by atoms with E-state index in [1.165, 1.54) is 38.9 Å². The molecule has 1 aromatic heterocycles. The summed E-state index contributed by atoms with van der Waals surface area (Å²) in [6.45, 7) is 3.21. The number of anilines is 2. The molecule has 0 saturated heterocycles. The molecular weight excluding hydrogens is 517 g/mol. The van der Waals surface area contributed by atoms with Gasteiger partial charge in [-0.25, -0.2) is 13.2 Å². The van der Waals surface area contributed by atoms with Crippen LogP contribution in [0.25, 0.3) is 0 Å². The van der Waals surface area contributed by atoms with E-state index < -0.39 is 42.0 Å². The molecule has 2 N–H and O–H groups in total. The van der Waals surface area contributed by atoms with Gasteiger partial charge in [-0.1, -0.05) is 18.2 Å². The monoisotopic (exact) mass is 544 g/mol. The lowest BCUT2D eigenvalue weighted by molar-refractivity contribution is -0.117. The molecule has 39 heavy (non-hydrogen) atoms. The Balaban J connectivity index is 1.71. The van der Waals surface area contributed by atoms with Crippen molar-refractivity contribution in [3.63, 3.8) is 0 Å². The van der Waals surface area contributed by atoms with Gasteiger partial charge in [0.25, 0.3) is 12.7 Å². The second-order valence-corrected chi connectivity index (χ2v) is 8.59. The number of rotatable bonds is 10. The Morgan fingerprint density at radius 2 is 1.64 bits per heavy atom. The lowest BCUT2D eigenvalue weighted by Crippen LogP contribution is -2.24. The van der Waals surface area contributed by atoms with Crippen LogP contribution in [0, 0.1) is 5.82 Å². The van der Waals surface area contributed by atoms with E-state index in [0.717, 1.165) is 6.07 Å². The summed E-state index contributed by atoms with van der Waals surface area (Å²) >= 11 is 0. The van der Waals surface area contributed by atoms with Gasteiger partial charge in [-0.15, -0.1) is 0 Å². The number of carbonyl (C=O) groups is 1. The zero-order valence-corrected chi connectivity index (χ0v) is 21.6. The van der Waals surface area contributed by atoms with Crippen LogP contribution < -0.4 is 20.1 Å². The number of hydrogen-bond donors (Lipinski definition) is 2. The van der Waals surface area contributed by atoms with Gasteiger partial charge in [0.2, 0.25) is 5.91 Å². The van der Waals surface area contributed by atoms with Crippen LogP contribution in [0.4, 0.5) is 24.7 Å². The number of benzene rings is 2. The number of hydrogen-bond acceptors (Lipinski definition) is 8. The number of ether oxygens (including phenoxy) is 4. The maximum atomic E-state index is 14.9. The summed E-state index contributed by atoms with van der Waals surface area (Å²) in [6, 6.07) is 9.66. The Bertz CT molecular complexity index is 1350. The maximum Gasteiger partial charge on any atom is 0.318 e. The lowest BCUT2D eigenvalue weighted by Gasteiger charge is -2.24. The molecule has 4 rings (SSSR count). The van der Waals surface area contributed by atoms with E-state index in [4.69, 9.17) is 18.9 Å². The number of nitrogens with one attached hydrogen (secondary N) is 2. The van der Waals surface area contributed by atoms with E-state index in [9.17, 15) is 18.0 Å². The first-order valence-corrected chi connectivity index (χ1v) is 11.9. The second-order valence-electron chi connectivity index (χ2n) is 8.59. The Labute approximate surface area is 223 Å². The molecule has 0 saturated carbocycles. The van der Waals surface area contributed by atoms with Gasteiger partial charge in [-0.2, -0.15) is 9.97 Å². The first kappa shape index (κ1) is 27.6. The van der Waals surface area contributed by atoms with E-state index in [2.05, 4.69) is 20.6 Å². The predicted molar refractivity (Wildman–Crippen MR) is 136 cm³/mol. The van der Waals surface area contributed by atoms with E-state index in [-0.39, 0.29) is 28.6 Å². The average Bonchev–Trinajstić information content (AvgIpc) is 3.47. The molecule has 2 atom stereocenters. The van der Waals surface area contributed by atoms with Crippen molar-refractivity contribution in [1.29, 1.82) is 0 Å². The highest BCUT2D eigenvalue weighted by Crippen LogP contribution is 2.38. The minimum atomic E-state index is -2.98. The van der Waals surface area contributed by atoms with Crippen molar-refractivity contribution in [3.05, 3.63) is 83.2 Å². The predicted octanol–water partition coefficient (Wildman–Crippen LogP) is 6.00. The van der Waals surface area contributed by atoms with Gasteiger partial charge in [0.05, 0.1) is 43.0 Å². The third-order valence-corrected chi connectivity index (χ3v) is 6.11. The maximum absolute atomic E-state index is 14.9. The summed E-state index contributed by atoms with van der Waals surface area (Å²) < 4.78 is 63.0. The zero-order valence-electron chi connectivity index (χ0n) is 21.6. The van der Waals surface area contributed by atoms with Gasteiger partial charge in [0.15, 0.2) is 0 Å². The molecule has 1 aliphatic rings. The molecule has 1 aliphatic heterocycles. The highest BCUT2D eigenvalue weighted by atomic mass is 19.3. The van der Waals surface area contributed by atoms with Gasteiger partial charge in [-0.3, -0.25) is 4.79 Å². The third-order valence-electron chi connectivity index (χ3n) is 6.11. The molecular formula is C27H27F3N4O5. The zero-order chi connectivity index (χ0) is 28.1.